The predicted molar refractivity (Wildman–Crippen MR) is 120 cm³/mol. The van der Waals surface area contributed by atoms with Crippen LogP contribution in [0.2, 0.25) is 0 Å². The molecular formula is C27H46O2. The van der Waals surface area contributed by atoms with Crippen molar-refractivity contribution >= 4 is 0 Å². The second-order valence-corrected chi connectivity index (χ2v) is 12.4. The maximum atomic E-state index is 11.5. The van der Waals surface area contributed by atoms with Crippen LogP contribution in [0.4, 0.5) is 0 Å². The van der Waals surface area contributed by atoms with Gasteiger partial charge >= 0.3 is 0 Å². The van der Waals surface area contributed by atoms with Gasteiger partial charge < -0.3 is 10.2 Å². The van der Waals surface area contributed by atoms with E-state index in [0.717, 1.165) is 49.9 Å². The van der Waals surface area contributed by atoms with Crippen molar-refractivity contribution in [3.63, 3.8) is 0 Å². The molecule has 0 aromatic rings. The van der Waals surface area contributed by atoms with Crippen LogP contribution in [-0.4, -0.2) is 22.4 Å². The largest absolute Gasteiger partial charge is 0.393 e. The van der Waals surface area contributed by atoms with Crippen molar-refractivity contribution in [2.24, 2.45) is 46.3 Å². The predicted octanol–water partition coefficient (Wildman–Crippen LogP) is 6.36. The second kappa shape index (κ2) is 7.97. The molecule has 0 aliphatic heterocycles. The van der Waals surface area contributed by atoms with Gasteiger partial charge in [-0.1, -0.05) is 65.5 Å². The van der Waals surface area contributed by atoms with Crippen molar-refractivity contribution in [2.75, 3.05) is 0 Å². The van der Waals surface area contributed by atoms with Gasteiger partial charge in [-0.25, -0.2) is 0 Å². The van der Waals surface area contributed by atoms with E-state index in [1.807, 2.05) is 0 Å². The van der Waals surface area contributed by atoms with Gasteiger partial charge in [-0.3, -0.25) is 0 Å². The quantitative estimate of drug-likeness (QED) is 0.525. The van der Waals surface area contributed by atoms with Crippen LogP contribution in [0, 0.1) is 46.3 Å². The van der Waals surface area contributed by atoms with Crippen LogP contribution in [0.5, 0.6) is 0 Å². The van der Waals surface area contributed by atoms with Crippen molar-refractivity contribution in [3.05, 3.63) is 11.6 Å². The molecule has 4 aliphatic rings. The van der Waals surface area contributed by atoms with E-state index in [2.05, 4.69) is 40.7 Å². The molecule has 0 spiro atoms. The first-order valence-corrected chi connectivity index (χ1v) is 12.7. The normalized spacial score (nSPS) is 47.9. The summed E-state index contributed by atoms with van der Waals surface area (Å²) in [5.41, 5.74) is 2.08. The van der Waals surface area contributed by atoms with E-state index in [1.165, 1.54) is 32.1 Å². The molecule has 0 unspecified atom stereocenters. The number of hydrogen-bond donors (Lipinski definition) is 2. The zero-order valence-electron chi connectivity index (χ0n) is 19.7. The summed E-state index contributed by atoms with van der Waals surface area (Å²) < 4.78 is 0. The van der Waals surface area contributed by atoms with Crippen molar-refractivity contribution in [1.29, 1.82) is 0 Å². The molecule has 166 valence electrons. The molecule has 0 radical (unpaired) electrons. The minimum Gasteiger partial charge on any atom is -0.393 e. The Morgan fingerprint density at radius 3 is 2.52 bits per heavy atom. The van der Waals surface area contributed by atoms with Gasteiger partial charge in [0.15, 0.2) is 0 Å². The molecule has 0 saturated heterocycles. The van der Waals surface area contributed by atoms with Gasteiger partial charge in [0.05, 0.1) is 12.2 Å². The maximum absolute atomic E-state index is 11.5. The molecule has 0 aromatic heterocycles. The lowest BCUT2D eigenvalue weighted by atomic mass is 9.47. The minimum absolute atomic E-state index is 0.128. The van der Waals surface area contributed by atoms with Gasteiger partial charge in [0, 0.05) is 5.92 Å². The fraction of sp³-hybridized carbons (Fsp3) is 0.926. The van der Waals surface area contributed by atoms with Gasteiger partial charge in [0.25, 0.3) is 0 Å². The molecule has 0 amide bonds. The van der Waals surface area contributed by atoms with Gasteiger partial charge in [-0.2, -0.15) is 0 Å². The lowest BCUT2D eigenvalue weighted by molar-refractivity contribution is -0.0995. The first-order chi connectivity index (χ1) is 13.7. The summed E-state index contributed by atoms with van der Waals surface area (Å²) in [7, 11) is 0. The van der Waals surface area contributed by atoms with Crippen LogP contribution in [0.3, 0.4) is 0 Å². The average Bonchev–Trinajstić information content (AvgIpc) is 2.98. The minimum atomic E-state index is -0.200. The second-order valence-electron chi connectivity index (χ2n) is 12.4. The number of rotatable bonds is 5. The summed E-state index contributed by atoms with van der Waals surface area (Å²) in [6, 6.07) is 0. The summed E-state index contributed by atoms with van der Waals surface area (Å²) in [6.07, 6.45) is 14.0. The number of aliphatic hydroxyl groups is 2. The van der Waals surface area contributed by atoms with Crippen LogP contribution in [0.25, 0.3) is 0 Å². The highest BCUT2D eigenvalue weighted by Gasteiger charge is 2.60. The monoisotopic (exact) mass is 402 g/mol. The summed E-state index contributed by atoms with van der Waals surface area (Å²) >= 11 is 0. The highest BCUT2D eigenvalue weighted by atomic mass is 16.3. The third kappa shape index (κ3) is 3.65. The Kier molecular flexibility index (Phi) is 6.01. The Morgan fingerprint density at radius 2 is 1.79 bits per heavy atom. The molecule has 2 nitrogen and oxygen atoms in total. The highest BCUT2D eigenvalue weighted by Crippen LogP contribution is 2.66. The van der Waals surface area contributed by atoms with Crippen LogP contribution in [0.1, 0.15) is 98.8 Å². The topological polar surface area (TPSA) is 40.5 Å². The van der Waals surface area contributed by atoms with E-state index in [1.54, 1.807) is 5.57 Å². The van der Waals surface area contributed by atoms with Crippen molar-refractivity contribution in [3.8, 4) is 0 Å². The molecular weight excluding hydrogens is 356 g/mol. The zero-order valence-corrected chi connectivity index (χ0v) is 19.7. The fourth-order valence-corrected chi connectivity index (χ4v) is 8.64. The summed E-state index contributed by atoms with van der Waals surface area (Å²) in [6.45, 7) is 12.1. The summed E-state index contributed by atoms with van der Waals surface area (Å²) in [4.78, 5) is 0. The average molecular weight is 403 g/mol. The maximum Gasteiger partial charge on any atom is 0.0616 e. The molecule has 3 fully saturated rings. The molecule has 3 saturated carbocycles. The number of aliphatic hydroxyl groups excluding tert-OH is 2. The molecule has 9 atom stereocenters. The summed E-state index contributed by atoms with van der Waals surface area (Å²) in [5.74, 6) is 3.90. The molecule has 4 aliphatic carbocycles. The van der Waals surface area contributed by atoms with E-state index in [0.29, 0.717) is 17.8 Å². The number of hydrogen-bond acceptors (Lipinski definition) is 2. The Labute approximate surface area is 179 Å². The third-order valence-electron chi connectivity index (χ3n) is 10.2. The highest BCUT2D eigenvalue weighted by molar-refractivity contribution is 5.29. The van der Waals surface area contributed by atoms with Crippen molar-refractivity contribution < 1.29 is 10.2 Å². The molecule has 0 aromatic carbocycles. The SMILES string of the molecule is CC(C)CCC[C@@H](C)[C@H]1CC[C@H]2C3=CC[C@H]4C[C@@H](O)CC[C@]4(C)[C@@H]3[C@H](O)C[C@]12C. The lowest BCUT2D eigenvalue weighted by Gasteiger charge is -2.59. The Balaban J connectivity index is 1.55. The molecule has 2 N–H and O–H groups in total. The van der Waals surface area contributed by atoms with Crippen LogP contribution in [-0.2, 0) is 0 Å². The zero-order chi connectivity index (χ0) is 21.0. The molecule has 29 heavy (non-hydrogen) atoms. The lowest BCUT2D eigenvalue weighted by Crippen LogP contribution is -2.55. The molecule has 4 rings (SSSR count). The Morgan fingerprint density at radius 1 is 1.03 bits per heavy atom. The summed E-state index contributed by atoms with van der Waals surface area (Å²) in [5, 5.41) is 21.8. The van der Waals surface area contributed by atoms with Crippen LogP contribution in [0.15, 0.2) is 11.6 Å². The Bertz CT molecular complexity index is 624. The molecule has 0 bridgehead atoms. The molecule has 0 heterocycles. The Hall–Kier alpha value is -0.340. The smallest absolute Gasteiger partial charge is 0.0616 e. The van der Waals surface area contributed by atoms with E-state index < -0.39 is 0 Å². The van der Waals surface area contributed by atoms with E-state index >= 15 is 0 Å². The van der Waals surface area contributed by atoms with E-state index in [-0.39, 0.29) is 23.0 Å². The van der Waals surface area contributed by atoms with E-state index in [9.17, 15) is 10.2 Å². The third-order valence-corrected chi connectivity index (χ3v) is 10.2. The van der Waals surface area contributed by atoms with Crippen LogP contribution >= 0.6 is 0 Å². The standard InChI is InChI=1S/C27H46O2/c1-17(2)7-6-8-18(3)22-11-12-23-21-10-9-19-15-20(28)13-14-26(19,4)25(21)24(29)16-27(22,23)5/h10,17-20,22-25,28-29H,6-9,11-16H2,1-5H3/t18-,19+,20+,22-,23+,24-,25+,26+,27-/m1/s1. The van der Waals surface area contributed by atoms with Crippen molar-refractivity contribution in [2.45, 2.75) is 111 Å². The number of allylic oxidation sites excluding steroid dienone is 1. The van der Waals surface area contributed by atoms with Gasteiger partial charge in [0.1, 0.15) is 0 Å². The van der Waals surface area contributed by atoms with Gasteiger partial charge in [0.2, 0.25) is 0 Å². The number of fused-ring (bicyclic) bond motifs is 5. The van der Waals surface area contributed by atoms with Gasteiger partial charge in [-0.15, -0.1) is 0 Å². The first kappa shape index (κ1) is 21.9. The van der Waals surface area contributed by atoms with E-state index in [4.69, 9.17) is 0 Å². The first-order valence-electron chi connectivity index (χ1n) is 12.7. The molecule has 2 heteroatoms. The van der Waals surface area contributed by atoms with Crippen LogP contribution < -0.4 is 0 Å². The fourth-order valence-electron chi connectivity index (χ4n) is 8.64. The van der Waals surface area contributed by atoms with Gasteiger partial charge in [-0.05, 0) is 85.4 Å². The van der Waals surface area contributed by atoms with Crippen molar-refractivity contribution in [1.82, 2.24) is 0 Å².